The maximum absolute atomic E-state index is 6.64. The van der Waals surface area contributed by atoms with Crippen LogP contribution < -0.4 is 9.64 Å². The molecule has 0 radical (unpaired) electrons. The van der Waals surface area contributed by atoms with Gasteiger partial charge < -0.3 is 14.2 Å². The van der Waals surface area contributed by atoms with Crippen molar-refractivity contribution in [3.63, 3.8) is 0 Å². The lowest BCUT2D eigenvalue weighted by atomic mass is 9.66. The lowest BCUT2D eigenvalue weighted by Gasteiger charge is -2.39. The molecule has 11 aromatic carbocycles. The van der Waals surface area contributed by atoms with Gasteiger partial charge in [0.2, 0.25) is 0 Å². The van der Waals surface area contributed by atoms with E-state index in [4.69, 9.17) is 4.74 Å². The van der Waals surface area contributed by atoms with Crippen molar-refractivity contribution in [3.8, 4) is 61.7 Å². The predicted molar refractivity (Wildman–Crippen MR) is 289 cm³/mol. The predicted octanol–water partition coefficient (Wildman–Crippen LogP) is 17.7. The number of aromatic nitrogens is 1. The van der Waals surface area contributed by atoms with Crippen LogP contribution in [0.2, 0.25) is 0 Å². The van der Waals surface area contributed by atoms with Crippen LogP contribution in [0, 0.1) is 0 Å². The van der Waals surface area contributed by atoms with Crippen LogP contribution in [0.3, 0.4) is 0 Å². The van der Waals surface area contributed by atoms with Crippen molar-refractivity contribution in [2.24, 2.45) is 0 Å². The Bertz CT molecular complexity index is 3860. The summed E-state index contributed by atoms with van der Waals surface area (Å²) < 4.78 is 9.01. The smallest absolute Gasteiger partial charge is 0.132 e. The molecule has 0 fully saturated rings. The molecule has 12 aromatic rings. The third kappa shape index (κ3) is 6.08. The van der Waals surface area contributed by atoms with Crippen molar-refractivity contribution >= 4 is 38.9 Å². The van der Waals surface area contributed by atoms with Crippen molar-refractivity contribution in [2.45, 2.75) is 5.41 Å². The van der Waals surface area contributed by atoms with Crippen LogP contribution in [0.4, 0.5) is 17.1 Å². The Labute approximate surface area is 407 Å². The van der Waals surface area contributed by atoms with E-state index in [1.807, 2.05) is 0 Å². The van der Waals surface area contributed by atoms with Crippen molar-refractivity contribution in [1.82, 2.24) is 4.57 Å². The number of nitrogens with zero attached hydrogens (tertiary/aromatic N) is 2. The number of para-hydroxylation sites is 4. The molecule has 1 aliphatic heterocycles. The molecule has 2 aliphatic rings. The molecule has 3 nitrogen and oxygen atoms in total. The summed E-state index contributed by atoms with van der Waals surface area (Å²) >= 11 is 0. The zero-order valence-corrected chi connectivity index (χ0v) is 38.2. The number of benzene rings is 11. The molecule has 0 atom stereocenters. The number of rotatable bonds is 7. The van der Waals surface area contributed by atoms with E-state index in [-0.39, 0.29) is 0 Å². The Morgan fingerprint density at radius 1 is 0.314 bits per heavy atom. The van der Waals surface area contributed by atoms with Crippen LogP contribution in [0.25, 0.3) is 72.0 Å². The van der Waals surface area contributed by atoms with Gasteiger partial charge in [0.25, 0.3) is 0 Å². The maximum atomic E-state index is 6.64. The molecular formula is C67H44N2O. The Hall–Kier alpha value is -9.18. The zero-order chi connectivity index (χ0) is 46.2. The summed E-state index contributed by atoms with van der Waals surface area (Å²) in [6.07, 6.45) is 0. The van der Waals surface area contributed by atoms with Crippen molar-refractivity contribution < 1.29 is 4.74 Å². The van der Waals surface area contributed by atoms with Crippen molar-refractivity contribution in [3.05, 3.63) is 289 Å². The average Bonchev–Trinajstić information content (AvgIpc) is 3.93. The van der Waals surface area contributed by atoms with Crippen LogP contribution in [0.5, 0.6) is 11.5 Å². The number of fused-ring (bicyclic) bond motifs is 12. The first-order valence-electron chi connectivity index (χ1n) is 24.1. The summed E-state index contributed by atoms with van der Waals surface area (Å²) in [5.41, 5.74) is 20.7. The summed E-state index contributed by atoms with van der Waals surface area (Å²) in [6.45, 7) is 0. The van der Waals surface area contributed by atoms with Gasteiger partial charge in [-0.15, -0.1) is 0 Å². The Balaban J connectivity index is 0.878. The van der Waals surface area contributed by atoms with Gasteiger partial charge in [-0.25, -0.2) is 0 Å². The molecule has 1 aliphatic carbocycles. The van der Waals surface area contributed by atoms with Gasteiger partial charge in [-0.3, -0.25) is 0 Å². The molecule has 3 heteroatoms. The molecule has 1 aromatic heterocycles. The second kappa shape index (κ2) is 16.0. The van der Waals surface area contributed by atoms with Crippen molar-refractivity contribution in [1.29, 1.82) is 0 Å². The SMILES string of the molecule is c1ccc(-c2ccc(N(c3ccc(-c4ccc(-n5c6ccccc6c6ccccc65)cc4)cc3)c3cccc(-c4cccc5c4-c4ccccc4C54c5ccccc5Oc5ccccc54)c3)cc2)cc1. The van der Waals surface area contributed by atoms with Gasteiger partial charge in [0.1, 0.15) is 11.5 Å². The maximum Gasteiger partial charge on any atom is 0.132 e. The standard InChI is InChI=1S/C67H44N2O/c1-2-16-45(17-3-1)46-32-38-50(39-33-46)68(51-40-34-47(35-41-51)48-36-42-52(43-37-48)69-62-28-10-5-20-55(62)56-21-6-11-29-63(56)69)53-19-14-18-49(44-53)54-23-15-27-61-66(54)57-22-4-7-24-58(57)67(61)59-25-8-12-30-64(59)70-65-31-13-9-26-60(65)67/h1-44H. The van der Waals surface area contributed by atoms with E-state index in [0.717, 1.165) is 45.4 Å². The van der Waals surface area contributed by atoms with Crippen LogP contribution in [0.15, 0.2) is 267 Å². The lowest BCUT2D eigenvalue weighted by molar-refractivity contribution is 0.436. The molecule has 0 unspecified atom stereocenters. The highest BCUT2D eigenvalue weighted by molar-refractivity contribution is 6.09. The summed E-state index contributed by atoms with van der Waals surface area (Å²) in [5.74, 6) is 1.79. The second-order valence-corrected chi connectivity index (χ2v) is 18.4. The normalized spacial score (nSPS) is 12.8. The second-order valence-electron chi connectivity index (χ2n) is 18.4. The first kappa shape index (κ1) is 39.9. The lowest BCUT2D eigenvalue weighted by Crippen LogP contribution is -2.32. The Kier molecular flexibility index (Phi) is 9.11. The molecule has 70 heavy (non-hydrogen) atoms. The Morgan fingerprint density at radius 3 is 1.40 bits per heavy atom. The third-order valence-corrected chi connectivity index (χ3v) is 14.7. The van der Waals surface area contributed by atoms with Gasteiger partial charge in [0.15, 0.2) is 0 Å². The molecule has 328 valence electrons. The highest BCUT2D eigenvalue weighted by atomic mass is 16.5. The summed E-state index contributed by atoms with van der Waals surface area (Å²) in [7, 11) is 0. The topological polar surface area (TPSA) is 17.4 Å². The van der Waals surface area contributed by atoms with E-state index < -0.39 is 5.41 Å². The van der Waals surface area contributed by atoms with E-state index in [1.54, 1.807) is 0 Å². The van der Waals surface area contributed by atoms with Crippen LogP contribution in [0.1, 0.15) is 22.3 Å². The largest absolute Gasteiger partial charge is 0.457 e. The van der Waals surface area contributed by atoms with Crippen LogP contribution in [-0.2, 0) is 5.41 Å². The summed E-state index contributed by atoms with van der Waals surface area (Å²) in [6, 6.07) is 97.0. The first-order valence-corrected chi connectivity index (χ1v) is 24.1. The number of ether oxygens (including phenoxy) is 1. The molecule has 0 N–H and O–H groups in total. The van der Waals surface area contributed by atoms with E-state index >= 15 is 0 Å². The number of hydrogen-bond donors (Lipinski definition) is 0. The Morgan fingerprint density at radius 2 is 0.771 bits per heavy atom. The molecule has 1 spiro atoms. The van der Waals surface area contributed by atoms with Gasteiger partial charge in [-0.1, -0.05) is 194 Å². The van der Waals surface area contributed by atoms with Gasteiger partial charge >= 0.3 is 0 Å². The quantitative estimate of drug-likeness (QED) is 0.159. The molecule has 14 rings (SSSR count). The molecule has 0 saturated heterocycles. The summed E-state index contributed by atoms with van der Waals surface area (Å²) in [5, 5.41) is 2.53. The molecule has 0 saturated carbocycles. The molecule has 2 heterocycles. The highest BCUT2D eigenvalue weighted by Gasteiger charge is 2.51. The van der Waals surface area contributed by atoms with Gasteiger partial charge in [-0.2, -0.15) is 0 Å². The highest BCUT2D eigenvalue weighted by Crippen LogP contribution is 2.63. The third-order valence-electron chi connectivity index (χ3n) is 14.7. The molecule has 0 amide bonds. The first-order chi connectivity index (χ1) is 34.7. The van der Waals surface area contributed by atoms with Gasteiger partial charge in [-0.05, 0) is 128 Å². The number of hydrogen-bond acceptors (Lipinski definition) is 2. The van der Waals surface area contributed by atoms with Gasteiger partial charge in [0, 0.05) is 44.6 Å². The fraction of sp³-hybridized carbons (Fsp3) is 0.0149. The monoisotopic (exact) mass is 892 g/mol. The van der Waals surface area contributed by atoms with Crippen LogP contribution in [-0.4, -0.2) is 4.57 Å². The fourth-order valence-corrected chi connectivity index (χ4v) is 11.6. The minimum Gasteiger partial charge on any atom is -0.457 e. The zero-order valence-electron chi connectivity index (χ0n) is 38.2. The molecule has 0 bridgehead atoms. The average molecular weight is 893 g/mol. The molecular weight excluding hydrogens is 849 g/mol. The van der Waals surface area contributed by atoms with Gasteiger partial charge in [0.05, 0.1) is 16.4 Å². The van der Waals surface area contributed by atoms with E-state index in [9.17, 15) is 0 Å². The van der Waals surface area contributed by atoms with E-state index in [2.05, 4.69) is 276 Å². The minimum atomic E-state index is -0.537. The fourth-order valence-electron chi connectivity index (χ4n) is 11.6. The summed E-state index contributed by atoms with van der Waals surface area (Å²) in [4.78, 5) is 2.39. The number of anilines is 3. The van der Waals surface area contributed by atoms with E-state index in [1.165, 1.54) is 77.4 Å². The van der Waals surface area contributed by atoms with Crippen LogP contribution >= 0.6 is 0 Å². The van der Waals surface area contributed by atoms with Crippen molar-refractivity contribution in [2.75, 3.05) is 4.90 Å². The minimum absolute atomic E-state index is 0.537. The van der Waals surface area contributed by atoms with E-state index in [0.29, 0.717) is 0 Å².